The van der Waals surface area contributed by atoms with Gasteiger partial charge in [-0.25, -0.2) is 4.79 Å². The number of carboxylic acid groups (broad SMARTS) is 1. The summed E-state index contributed by atoms with van der Waals surface area (Å²) < 4.78 is 51.9. The number of amides is 3. The highest BCUT2D eigenvalue weighted by Crippen LogP contribution is 2.50. The number of hydrogen-bond acceptors (Lipinski definition) is 6. The number of nitrogens with zero attached hydrogens (tertiary/aromatic N) is 3. The standard InChI is InChI=1S/C23H34F3N3O7/c1-12(2)22(19(31)27-9-16-18(30)15(27)10-28(16)21(33)34)6-4-13(8-22)29(20(32)23(24,25)26)14-5-7-36-11-17(14)35-3/h12-18,30H,4-11H2,1-3H3,(H,33,34)/t13?,14?,15?,16?,17?,18?,22-/m0/s1. The van der Waals surface area contributed by atoms with Crippen molar-refractivity contribution in [2.24, 2.45) is 11.3 Å². The minimum atomic E-state index is -5.08. The quantitative estimate of drug-likeness (QED) is 0.560. The van der Waals surface area contributed by atoms with Crippen LogP contribution in [0.2, 0.25) is 0 Å². The van der Waals surface area contributed by atoms with Crippen LogP contribution in [0, 0.1) is 11.3 Å². The number of halogens is 3. The summed E-state index contributed by atoms with van der Waals surface area (Å²) in [7, 11) is 1.37. The van der Waals surface area contributed by atoms with Gasteiger partial charge in [-0.1, -0.05) is 13.8 Å². The minimum Gasteiger partial charge on any atom is -0.465 e. The number of alkyl halides is 3. The van der Waals surface area contributed by atoms with Gasteiger partial charge < -0.3 is 29.5 Å². The van der Waals surface area contributed by atoms with E-state index in [0.29, 0.717) is 0 Å². The molecule has 2 bridgehead atoms. The molecule has 204 valence electrons. The van der Waals surface area contributed by atoms with Crippen molar-refractivity contribution >= 4 is 17.9 Å². The van der Waals surface area contributed by atoms with Crippen LogP contribution in [0.4, 0.5) is 18.0 Å². The number of fused-ring (bicyclic) bond motifs is 2. The first-order chi connectivity index (χ1) is 16.8. The number of aliphatic hydroxyl groups is 1. The Morgan fingerprint density at radius 1 is 1.14 bits per heavy atom. The highest BCUT2D eigenvalue weighted by Gasteiger charge is 2.60. The van der Waals surface area contributed by atoms with Crippen LogP contribution in [-0.4, -0.2) is 119 Å². The Morgan fingerprint density at radius 3 is 2.31 bits per heavy atom. The second-order valence-corrected chi connectivity index (χ2v) is 10.6. The van der Waals surface area contributed by atoms with E-state index in [2.05, 4.69) is 0 Å². The predicted molar refractivity (Wildman–Crippen MR) is 118 cm³/mol. The Bertz CT molecular complexity index is 888. The molecule has 0 aromatic rings. The largest absolute Gasteiger partial charge is 0.471 e. The molecule has 0 radical (unpaired) electrons. The van der Waals surface area contributed by atoms with Crippen LogP contribution < -0.4 is 0 Å². The number of likely N-dealkylation sites (tertiary alicyclic amines) is 2. The molecule has 3 amide bonds. The zero-order valence-electron chi connectivity index (χ0n) is 20.6. The Labute approximate surface area is 207 Å². The lowest BCUT2D eigenvalue weighted by molar-refractivity contribution is -0.197. The van der Waals surface area contributed by atoms with E-state index in [1.54, 1.807) is 0 Å². The van der Waals surface area contributed by atoms with Crippen LogP contribution in [0.1, 0.15) is 39.5 Å². The Balaban J connectivity index is 1.60. The van der Waals surface area contributed by atoms with Gasteiger partial charge in [0.1, 0.15) is 6.10 Å². The maximum Gasteiger partial charge on any atom is 0.471 e. The number of carbonyl (C=O) groups is 3. The zero-order chi connectivity index (χ0) is 26.6. The number of carbonyl (C=O) groups excluding carboxylic acids is 2. The van der Waals surface area contributed by atoms with Crippen LogP contribution in [0.3, 0.4) is 0 Å². The predicted octanol–water partition coefficient (Wildman–Crippen LogP) is 1.31. The maximum atomic E-state index is 13.9. The zero-order valence-corrected chi connectivity index (χ0v) is 20.6. The van der Waals surface area contributed by atoms with Crippen molar-refractivity contribution in [3.8, 4) is 0 Å². The third-order valence-electron chi connectivity index (χ3n) is 8.72. The summed E-state index contributed by atoms with van der Waals surface area (Å²) in [5, 5.41) is 19.9. The molecule has 0 spiro atoms. The van der Waals surface area contributed by atoms with Crippen LogP contribution >= 0.6 is 0 Å². The Morgan fingerprint density at radius 2 is 1.78 bits per heavy atom. The minimum absolute atomic E-state index is 0.0131. The molecular formula is C23H34F3N3O7. The fourth-order valence-electron chi connectivity index (χ4n) is 6.68. The molecule has 4 rings (SSSR count). The molecule has 6 unspecified atom stereocenters. The average Bonchev–Trinajstić information content (AvgIpc) is 3.50. The molecule has 36 heavy (non-hydrogen) atoms. The van der Waals surface area contributed by atoms with Gasteiger partial charge in [0.05, 0.1) is 36.3 Å². The number of ether oxygens (including phenoxy) is 2. The van der Waals surface area contributed by atoms with E-state index in [0.717, 1.165) is 9.80 Å². The molecule has 7 atom stereocenters. The molecule has 0 aromatic carbocycles. The fraction of sp³-hybridized carbons (Fsp3) is 0.870. The van der Waals surface area contributed by atoms with Crippen molar-refractivity contribution in [1.29, 1.82) is 0 Å². The van der Waals surface area contributed by atoms with Gasteiger partial charge >= 0.3 is 18.2 Å². The van der Waals surface area contributed by atoms with Crippen LogP contribution in [0.5, 0.6) is 0 Å². The number of hydrogen-bond donors (Lipinski definition) is 2. The maximum absolute atomic E-state index is 13.9. The summed E-state index contributed by atoms with van der Waals surface area (Å²) in [6.07, 6.45) is -7.26. The Kier molecular flexibility index (Phi) is 7.21. The summed E-state index contributed by atoms with van der Waals surface area (Å²) >= 11 is 0. The molecular weight excluding hydrogens is 487 g/mol. The number of aliphatic hydroxyl groups excluding tert-OH is 1. The molecule has 4 aliphatic rings. The topological polar surface area (TPSA) is 120 Å². The third-order valence-corrected chi connectivity index (χ3v) is 8.72. The SMILES string of the molecule is COC1COCCC1N(C(=O)C(F)(F)F)C1CC[C@@](C(=O)N2CC3C(O)C2CN3C(=O)O)(C(C)C)C1. The molecule has 10 nitrogen and oxygen atoms in total. The number of piperazine rings is 1. The van der Waals surface area contributed by atoms with Crippen molar-refractivity contribution in [3.05, 3.63) is 0 Å². The van der Waals surface area contributed by atoms with Gasteiger partial charge in [-0.2, -0.15) is 13.2 Å². The second-order valence-electron chi connectivity index (χ2n) is 10.6. The average molecular weight is 522 g/mol. The first kappa shape index (κ1) is 26.9. The molecule has 1 saturated carbocycles. The highest BCUT2D eigenvalue weighted by molar-refractivity contribution is 5.86. The normalized spacial score (nSPS) is 36.6. The monoisotopic (exact) mass is 521 g/mol. The fourth-order valence-corrected chi connectivity index (χ4v) is 6.68. The van der Waals surface area contributed by atoms with E-state index < -0.39 is 60.0 Å². The summed E-state index contributed by atoms with van der Waals surface area (Å²) in [4.78, 5) is 41.6. The van der Waals surface area contributed by atoms with Crippen LogP contribution in [0.15, 0.2) is 0 Å². The lowest BCUT2D eigenvalue weighted by Gasteiger charge is -2.44. The van der Waals surface area contributed by atoms with Crippen molar-refractivity contribution in [3.63, 3.8) is 0 Å². The lowest BCUT2D eigenvalue weighted by atomic mass is 9.74. The molecule has 4 fully saturated rings. The van der Waals surface area contributed by atoms with Crippen molar-refractivity contribution in [1.82, 2.24) is 14.7 Å². The van der Waals surface area contributed by atoms with Crippen molar-refractivity contribution < 1.29 is 47.2 Å². The second kappa shape index (κ2) is 9.64. The third kappa shape index (κ3) is 4.32. The molecule has 1 aliphatic carbocycles. The number of rotatable bonds is 5. The summed E-state index contributed by atoms with van der Waals surface area (Å²) in [5.41, 5.74) is -1.04. The van der Waals surface area contributed by atoms with E-state index in [4.69, 9.17) is 9.47 Å². The van der Waals surface area contributed by atoms with E-state index in [1.165, 1.54) is 12.0 Å². The van der Waals surface area contributed by atoms with Crippen LogP contribution in [0.25, 0.3) is 0 Å². The molecule has 3 heterocycles. The van der Waals surface area contributed by atoms with Gasteiger partial charge in [0.25, 0.3) is 0 Å². The van der Waals surface area contributed by atoms with E-state index >= 15 is 0 Å². The smallest absolute Gasteiger partial charge is 0.465 e. The van der Waals surface area contributed by atoms with Crippen LogP contribution in [-0.2, 0) is 19.1 Å². The molecule has 13 heteroatoms. The van der Waals surface area contributed by atoms with Gasteiger partial charge in [0.2, 0.25) is 5.91 Å². The first-order valence-corrected chi connectivity index (χ1v) is 12.3. The number of methoxy groups -OCH3 is 1. The summed E-state index contributed by atoms with van der Waals surface area (Å²) in [6.45, 7) is 3.95. The van der Waals surface area contributed by atoms with Gasteiger partial charge in [-0.05, 0) is 31.6 Å². The van der Waals surface area contributed by atoms with Gasteiger partial charge in [-0.3, -0.25) is 14.5 Å². The van der Waals surface area contributed by atoms with E-state index in [1.807, 2.05) is 13.8 Å². The van der Waals surface area contributed by atoms with Gasteiger partial charge in [-0.15, -0.1) is 0 Å². The van der Waals surface area contributed by atoms with E-state index in [-0.39, 0.29) is 63.8 Å². The Hall–Kier alpha value is -2.12. The molecule has 0 aromatic heterocycles. The summed E-state index contributed by atoms with van der Waals surface area (Å²) in [6, 6.07) is -3.10. The highest BCUT2D eigenvalue weighted by atomic mass is 19.4. The van der Waals surface area contributed by atoms with Gasteiger partial charge in [0, 0.05) is 32.8 Å². The lowest BCUT2D eigenvalue weighted by Crippen LogP contribution is -2.59. The van der Waals surface area contributed by atoms with Crippen molar-refractivity contribution in [2.75, 3.05) is 33.4 Å². The van der Waals surface area contributed by atoms with E-state index in [9.17, 15) is 37.8 Å². The first-order valence-electron chi connectivity index (χ1n) is 12.3. The molecule has 3 aliphatic heterocycles. The molecule has 3 saturated heterocycles. The van der Waals surface area contributed by atoms with Crippen molar-refractivity contribution in [2.45, 2.75) is 82.1 Å². The summed E-state index contributed by atoms with van der Waals surface area (Å²) in [5.74, 6) is -2.50. The molecule has 2 N–H and O–H groups in total. The van der Waals surface area contributed by atoms with Gasteiger partial charge in [0.15, 0.2) is 0 Å².